The number of hydrogen-bond acceptors (Lipinski definition) is 3. The van der Waals surface area contributed by atoms with Gasteiger partial charge in [0.25, 0.3) is 0 Å². The summed E-state index contributed by atoms with van der Waals surface area (Å²) in [4.78, 5) is 0.170. The first kappa shape index (κ1) is 18.3. The van der Waals surface area contributed by atoms with Gasteiger partial charge in [-0.25, -0.2) is 17.5 Å². The van der Waals surface area contributed by atoms with E-state index in [-0.39, 0.29) is 36.2 Å². The second-order valence-corrected chi connectivity index (χ2v) is 8.47. The van der Waals surface area contributed by atoms with Crippen LogP contribution in [0.4, 0.5) is 4.39 Å². The van der Waals surface area contributed by atoms with Crippen molar-refractivity contribution < 1.29 is 17.9 Å². The molecule has 0 fully saturated rings. The molecular formula is C18H19ClFNO3S. The maximum atomic E-state index is 14.0. The number of hydrogen-bond donors (Lipinski definition) is 2. The summed E-state index contributed by atoms with van der Waals surface area (Å²) in [5.41, 5.74) is 2.44. The zero-order valence-electron chi connectivity index (χ0n) is 13.5. The topological polar surface area (TPSA) is 66.4 Å². The van der Waals surface area contributed by atoms with Crippen molar-refractivity contribution in [3.8, 4) is 0 Å². The number of halogens is 2. The summed E-state index contributed by atoms with van der Waals surface area (Å²) in [6.07, 6.45) is 1.61. The van der Waals surface area contributed by atoms with E-state index in [4.69, 9.17) is 16.7 Å². The first-order valence-electron chi connectivity index (χ1n) is 8.05. The van der Waals surface area contributed by atoms with Crippen LogP contribution in [0, 0.1) is 11.7 Å². The number of aliphatic hydroxyl groups is 1. The van der Waals surface area contributed by atoms with Gasteiger partial charge in [-0.05, 0) is 72.2 Å². The number of rotatable bonds is 6. The standard InChI is InChI=1S/C18H19ClFNO3S/c19-16-1-3-17(4-2-16)25(23,24)21-11-12-7-14-9-13(5-6-22)18(20)10-15(14)8-12/h1-4,9-10,12,21-22H,5-8,11H2. The third-order valence-electron chi connectivity index (χ3n) is 4.45. The van der Waals surface area contributed by atoms with E-state index in [9.17, 15) is 12.8 Å². The van der Waals surface area contributed by atoms with Gasteiger partial charge in [0.05, 0.1) is 4.90 Å². The van der Waals surface area contributed by atoms with Gasteiger partial charge in [-0.3, -0.25) is 0 Å². The lowest BCUT2D eigenvalue weighted by atomic mass is 10.0. The lowest BCUT2D eigenvalue weighted by Gasteiger charge is -2.11. The molecule has 1 unspecified atom stereocenters. The van der Waals surface area contributed by atoms with Crippen LogP contribution in [0.1, 0.15) is 16.7 Å². The first-order chi connectivity index (χ1) is 11.9. The molecule has 2 aromatic carbocycles. The minimum atomic E-state index is -3.59. The largest absolute Gasteiger partial charge is 0.396 e. The maximum Gasteiger partial charge on any atom is 0.240 e. The normalized spacial score (nSPS) is 16.8. The van der Waals surface area contributed by atoms with Gasteiger partial charge in [-0.1, -0.05) is 17.7 Å². The smallest absolute Gasteiger partial charge is 0.240 e. The van der Waals surface area contributed by atoms with E-state index in [0.717, 1.165) is 11.1 Å². The third-order valence-corrected chi connectivity index (χ3v) is 6.14. The number of fused-ring (bicyclic) bond motifs is 1. The zero-order valence-corrected chi connectivity index (χ0v) is 15.1. The summed E-state index contributed by atoms with van der Waals surface area (Å²) in [5.74, 6) is -0.226. The van der Waals surface area contributed by atoms with Gasteiger partial charge in [0, 0.05) is 18.2 Å². The van der Waals surface area contributed by atoms with E-state index in [0.29, 0.717) is 23.4 Å². The molecule has 0 saturated heterocycles. The van der Waals surface area contributed by atoms with Gasteiger partial charge in [-0.15, -0.1) is 0 Å². The average Bonchev–Trinajstić information content (AvgIpc) is 2.96. The fourth-order valence-corrected chi connectivity index (χ4v) is 4.41. The van der Waals surface area contributed by atoms with Crippen LogP contribution in [0.15, 0.2) is 41.3 Å². The molecule has 7 heteroatoms. The molecule has 1 aliphatic rings. The van der Waals surface area contributed by atoms with E-state index < -0.39 is 10.0 Å². The highest BCUT2D eigenvalue weighted by atomic mass is 35.5. The molecule has 25 heavy (non-hydrogen) atoms. The van der Waals surface area contributed by atoms with Crippen molar-refractivity contribution in [1.29, 1.82) is 0 Å². The zero-order chi connectivity index (χ0) is 18.0. The van der Waals surface area contributed by atoms with Crippen molar-refractivity contribution >= 4 is 21.6 Å². The Bertz CT molecular complexity index is 869. The van der Waals surface area contributed by atoms with E-state index in [2.05, 4.69) is 4.72 Å². The molecule has 0 aliphatic heterocycles. The highest BCUT2D eigenvalue weighted by Gasteiger charge is 2.25. The van der Waals surface area contributed by atoms with Crippen molar-refractivity contribution in [2.24, 2.45) is 5.92 Å². The van der Waals surface area contributed by atoms with Crippen molar-refractivity contribution in [1.82, 2.24) is 4.72 Å². The fraction of sp³-hybridized carbons (Fsp3) is 0.333. The summed E-state index contributed by atoms with van der Waals surface area (Å²) in [6, 6.07) is 9.29. The van der Waals surface area contributed by atoms with E-state index in [1.165, 1.54) is 30.3 Å². The SMILES string of the molecule is O=S(=O)(NCC1Cc2cc(F)c(CCO)cc2C1)c1ccc(Cl)cc1. The predicted octanol–water partition coefficient (Wildman–Crippen LogP) is 2.71. The highest BCUT2D eigenvalue weighted by Crippen LogP contribution is 2.29. The molecule has 134 valence electrons. The molecule has 1 aliphatic carbocycles. The summed E-state index contributed by atoms with van der Waals surface area (Å²) in [6.45, 7) is 0.191. The van der Waals surface area contributed by atoms with Crippen LogP contribution in [0.3, 0.4) is 0 Å². The van der Waals surface area contributed by atoms with Gasteiger partial charge in [0.15, 0.2) is 0 Å². The van der Waals surface area contributed by atoms with Crippen LogP contribution >= 0.6 is 11.6 Å². The Balaban J connectivity index is 1.66. The van der Waals surface area contributed by atoms with Gasteiger partial charge in [0.1, 0.15) is 5.82 Å². The predicted molar refractivity (Wildman–Crippen MR) is 94.7 cm³/mol. The second-order valence-electron chi connectivity index (χ2n) is 6.27. The van der Waals surface area contributed by atoms with Crippen LogP contribution in [0.5, 0.6) is 0 Å². The number of nitrogens with one attached hydrogen (secondary N) is 1. The van der Waals surface area contributed by atoms with Gasteiger partial charge < -0.3 is 5.11 Å². The molecule has 4 nitrogen and oxygen atoms in total. The van der Waals surface area contributed by atoms with Crippen LogP contribution in [-0.4, -0.2) is 26.7 Å². The van der Waals surface area contributed by atoms with Gasteiger partial charge in [0.2, 0.25) is 10.0 Å². The number of sulfonamides is 1. The molecule has 0 aromatic heterocycles. The molecule has 3 rings (SSSR count). The van der Waals surface area contributed by atoms with Crippen molar-refractivity contribution in [3.05, 3.63) is 63.9 Å². The van der Waals surface area contributed by atoms with E-state index in [1.807, 2.05) is 0 Å². The Morgan fingerprint density at radius 1 is 1.16 bits per heavy atom. The van der Waals surface area contributed by atoms with Crippen LogP contribution in [0.2, 0.25) is 5.02 Å². The number of benzene rings is 2. The minimum absolute atomic E-state index is 0.0841. The quantitative estimate of drug-likeness (QED) is 0.806. The Kier molecular flexibility index (Phi) is 5.43. The third kappa shape index (κ3) is 4.20. The van der Waals surface area contributed by atoms with E-state index >= 15 is 0 Å². The maximum absolute atomic E-state index is 14.0. The Morgan fingerprint density at radius 2 is 1.80 bits per heavy atom. The summed E-state index contributed by atoms with van der Waals surface area (Å²) in [7, 11) is -3.59. The minimum Gasteiger partial charge on any atom is -0.396 e. The fourth-order valence-electron chi connectivity index (χ4n) is 3.17. The molecule has 0 heterocycles. The first-order valence-corrected chi connectivity index (χ1v) is 9.91. The number of aliphatic hydroxyl groups excluding tert-OH is 1. The Morgan fingerprint density at radius 3 is 2.44 bits per heavy atom. The summed E-state index contributed by atoms with van der Waals surface area (Å²) in [5, 5.41) is 9.47. The molecule has 2 N–H and O–H groups in total. The molecule has 0 spiro atoms. The van der Waals surface area contributed by atoms with Crippen LogP contribution in [-0.2, 0) is 29.3 Å². The van der Waals surface area contributed by atoms with Crippen molar-refractivity contribution in [2.45, 2.75) is 24.2 Å². The van der Waals surface area contributed by atoms with Crippen LogP contribution < -0.4 is 4.72 Å². The Labute approximate surface area is 151 Å². The summed E-state index contributed by atoms with van der Waals surface area (Å²) >= 11 is 5.78. The van der Waals surface area contributed by atoms with Crippen molar-refractivity contribution in [3.63, 3.8) is 0 Å². The van der Waals surface area contributed by atoms with Crippen LogP contribution in [0.25, 0.3) is 0 Å². The second kappa shape index (κ2) is 7.41. The molecule has 1 atom stereocenters. The van der Waals surface area contributed by atoms with Crippen molar-refractivity contribution in [2.75, 3.05) is 13.2 Å². The highest BCUT2D eigenvalue weighted by molar-refractivity contribution is 7.89. The molecule has 0 radical (unpaired) electrons. The Hall–Kier alpha value is -1.47. The van der Waals surface area contributed by atoms with Gasteiger partial charge in [-0.2, -0.15) is 0 Å². The average molecular weight is 384 g/mol. The lowest BCUT2D eigenvalue weighted by molar-refractivity contribution is 0.297. The molecule has 2 aromatic rings. The molecule has 0 bridgehead atoms. The lowest BCUT2D eigenvalue weighted by Crippen LogP contribution is -2.29. The monoisotopic (exact) mass is 383 g/mol. The summed E-state index contributed by atoms with van der Waals surface area (Å²) < 4.78 is 41.2. The molecule has 0 amide bonds. The van der Waals surface area contributed by atoms with E-state index in [1.54, 1.807) is 6.07 Å². The van der Waals surface area contributed by atoms with Gasteiger partial charge >= 0.3 is 0 Å². The molecular weight excluding hydrogens is 365 g/mol. The molecule has 0 saturated carbocycles.